The summed E-state index contributed by atoms with van der Waals surface area (Å²) >= 11 is 5.82. The van der Waals surface area contributed by atoms with Gasteiger partial charge in [-0.05, 0) is 38.5 Å². The summed E-state index contributed by atoms with van der Waals surface area (Å²) in [6.07, 6.45) is 0.196. The fourth-order valence-corrected chi connectivity index (χ4v) is 1.12. The van der Waals surface area contributed by atoms with E-state index in [1.165, 1.54) is 0 Å². The lowest BCUT2D eigenvalue weighted by Crippen LogP contribution is -2.06. The molecular formula is C10H13ClO. The van der Waals surface area contributed by atoms with Gasteiger partial charge in [-0.1, -0.05) is 17.7 Å². The van der Waals surface area contributed by atoms with Crippen LogP contribution in [0.1, 0.15) is 19.4 Å². The lowest BCUT2D eigenvalue weighted by molar-refractivity contribution is 0.241. The van der Waals surface area contributed by atoms with Crippen molar-refractivity contribution in [3.8, 4) is 5.75 Å². The first-order chi connectivity index (χ1) is 5.59. The maximum absolute atomic E-state index is 5.82. The van der Waals surface area contributed by atoms with E-state index >= 15 is 0 Å². The molecule has 66 valence electrons. The topological polar surface area (TPSA) is 9.23 Å². The predicted octanol–water partition coefficient (Wildman–Crippen LogP) is 3.44. The second-order valence-corrected chi connectivity index (χ2v) is 3.51. The van der Waals surface area contributed by atoms with Crippen LogP contribution in [0.5, 0.6) is 5.75 Å². The third-order valence-corrected chi connectivity index (χ3v) is 1.75. The Hall–Kier alpha value is -0.690. The molecule has 0 aliphatic carbocycles. The van der Waals surface area contributed by atoms with Crippen molar-refractivity contribution in [1.82, 2.24) is 0 Å². The molecule has 0 aliphatic rings. The summed E-state index contributed by atoms with van der Waals surface area (Å²) in [7, 11) is 0. The summed E-state index contributed by atoms with van der Waals surface area (Å²) in [6, 6.07) is 5.67. The number of benzene rings is 1. The average Bonchev–Trinajstić information content (AvgIpc) is 1.96. The lowest BCUT2D eigenvalue weighted by atomic mass is 10.2. The van der Waals surface area contributed by atoms with Crippen LogP contribution in [-0.2, 0) is 0 Å². The fourth-order valence-electron chi connectivity index (χ4n) is 0.955. The Labute approximate surface area is 78.3 Å². The molecule has 1 nitrogen and oxygen atoms in total. The number of hydrogen-bond donors (Lipinski definition) is 0. The summed E-state index contributed by atoms with van der Waals surface area (Å²) in [5.41, 5.74) is 1.12. The minimum atomic E-state index is 0.196. The van der Waals surface area contributed by atoms with E-state index < -0.39 is 0 Å². The molecule has 1 aromatic rings. The highest BCUT2D eigenvalue weighted by Crippen LogP contribution is 2.23. The summed E-state index contributed by atoms with van der Waals surface area (Å²) < 4.78 is 5.54. The van der Waals surface area contributed by atoms with Gasteiger partial charge < -0.3 is 4.74 Å². The molecule has 1 aromatic carbocycles. The molecule has 0 spiro atoms. The predicted molar refractivity (Wildman–Crippen MR) is 52.0 cm³/mol. The number of hydrogen-bond acceptors (Lipinski definition) is 1. The van der Waals surface area contributed by atoms with Gasteiger partial charge in [0.15, 0.2) is 0 Å². The van der Waals surface area contributed by atoms with Crippen LogP contribution in [0.3, 0.4) is 0 Å². The minimum Gasteiger partial charge on any atom is -0.491 e. The maximum atomic E-state index is 5.82. The highest BCUT2D eigenvalue weighted by atomic mass is 35.5. The molecule has 0 aliphatic heterocycles. The van der Waals surface area contributed by atoms with Crippen molar-refractivity contribution < 1.29 is 4.74 Å². The van der Waals surface area contributed by atoms with Crippen molar-refractivity contribution in [2.45, 2.75) is 26.9 Å². The molecule has 0 N–H and O–H groups in total. The van der Waals surface area contributed by atoms with E-state index in [2.05, 4.69) is 0 Å². The zero-order valence-electron chi connectivity index (χ0n) is 7.60. The van der Waals surface area contributed by atoms with Crippen LogP contribution < -0.4 is 4.74 Å². The summed E-state index contributed by atoms with van der Waals surface area (Å²) in [5, 5.41) is 0.719. The molecule has 2 heteroatoms. The van der Waals surface area contributed by atoms with Crippen molar-refractivity contribution in [1.29, 1.82) is 0 Å². The average molecular weight is 185 g/mol. The van der Waals surface area contributed by atoms with Gasteiger partial charge in [0.05, 0.1) is 6.10 Å². The zero-order chi connectivity index (χ0) is 9.14. The van der Waals surface area contributed by atoms with Crippen molar-refractivity contribution in [3.05, 3.63) is 28.8 Å². The Morgan fingerprint density at radius 1 is 1.33 bits per heavy atom. The van der Waals surface area contributed by atoms with Gasteiger partial charge in [0.1, 0.15) is 5.75 Å². The van der Waals surface area contributed by atoms with Crippen LogP contribution in [-0.4, -0.2) is 6.10 Å². The van der Waals surface area contributed by atoms with Gasteiger partial charge in [-0.15, -0.1) is 0 Å². The van der Waals surface area contributed by atoms with E-state index in [1.54, 1.807) is 0 Å². The molecule has 0 bridgehead atoms. The minimum absolute atomic E-state index is 0.196. The molecule has 0 heterocycles. The van der Waals surface area contributed by atoms with Crippen molar-refractivity contribution >= 4 is 11.6 Å². The molecular weight excluding hydrogens is 172 g/mol. The second-order valence-electron chi connectivity index (χ2n) is 3.08. The molecule has 0 unspecified atom stereocenters. The van der Waals surface area contributed by atoms with E-state index in [4.69, 9.17) is 16.3 Å². The van der Waals surface area contributed by atoms with Gasteiger partial charge >= 0.3 is 0 Å². The first kappa shape index (κ1) is 9.40. The smallest absolute Gasteiger partial charge is 0.124 e. The molecule has 0 atom stereocenters. The summed E-state index contributed by atoms with van der Waals surface area (Å²) in [4.78, 5) is 0. The standard InChI is InChI=1S/C10H13ClO/c1-7(2)12-10-6-9(11)5-4-8(10)3/h4-7H,1-3H3. The van der Waals surface area contributed by atoms with Gasteiger partial charge in [-0.25, -0.2) is 0 Å². The van der Waals surface area contributed by atoms with Gasteiger partial charge in [-0.3, -0.25) is 0 Å². The summed E-state index contributed by atoms with van der Waals surface area (Å²) in [5.74, 6) is 0.873. The Balaban J connectivity index is 2.90. The van der Waals surface area contributed by atoms with Gasteiger partial charge in [0.25, 0.3) is 0 Å². The molecule has 1 rings (SSSR count). The SMILES string of the molecule is Cc1ccc(Cl)cc1OC(C)C. The van der Waals surface area contributed by atoms with Crippen LogP contribution in [0.15, 0.2) is 18.2 Å². The number of aryl methyl sites for hydroxylation is 1. The van der Waals surface area contributed by atoms with E-state index in [0.29, 0.717) is 0 Å². The second kappa shape index (κ2) is 3.81. The molecule has 0 saturated heterocycles. The van der Waals surface area contributed by atoms with Crippen LogP contribution in [0, 0.1) is 6.92 Å². The van der Waals surface area contributed by atoms with E-state index in [-0.39, 0.29) is 6.10 Å². The lowest BCUT2D eigenvalue weighted by Gasteiger charge is -2.12. The molecule has 12 heavy (non-hydrogen) atoms. The highest BCUT2D eigenvalue weighted by molar-refractivity contribution is 6.30. The van der Waals surface area contributed by atoms with Gasteiger partial charge in [-0.2, -0.15) is 0 Å². The van der Waals surface area contributed by atoms with Crippen molar-refractivity contribution in [2.75, 3.05) is 0 Å². The van der Waals surface area contributed by atoms with Crippen LogP contribution in [0.2, 0.25) is 5.02 Å². The number of halogens is 1. The first-order valence-corrected chi connectivity index (χ1v) is 4.40. The van der Waals surface area contributed by atoms with E-state index in [9.17, 15) is 0 Å². The van der Waals surface area contributed by atoms with Gasteiger partial charge in [0.2, 0.25) is 0 Å². The number of rotatable bonds is 2. The third kappa shape index (κ3) is 2.42. The van der Waals surface area contributed by atoms with Gasteiger partial charge in [0, 0.05) is 5.02 Å². The Morgan fingerprint density at radius 3 is 2.58 bits per heavy atom. The van der Waals surface area contributed by atoms with Crippen LogP contribution >= 0.6 is 11.6 Å². The zero-order valence-corrected chi connectivity index (χ0v) is 8.35. The molecule has 0 fully saturated rings. The Kier molecular flexibility index (Phi) is 2.99. The number of ether oxygens (including phenoxy) is 1. The molecule has 0 amide bonds. The Morgan fingerprint density at radius 2 is 2.00 bits per heavy atom. The third-order valence-electron chi connectivity index (χ3n) is 1.51. The van der Waals surface area contributed by atoms with Crippen molar-refractivity contribution in [2.24, 2.45) is 0 Å². The monoisotopic (exact) mass is 184 g/mol. The maximum Gasteiger partial charge on any atom is 0.124 e. The van der Waals surface area contributed by atoms with Crippen LogP contribution in [0.4, 0.5) is 0 Å². The fraction of sp³-hybridized carbons (Fsp3) is 0.400. The molecule has 0 radical (unpaired) electrons. The quantitative estimate of drug-likeness (QED) is 0.684. The van der Waals surface area contributed by atoms with E-state index in [1.807, 2.05) is 39.0 Å². The van der Waals surface area contributed by atoms with Crippen LogP contribution in [0.25, 0.3) is 0 Å². The molecule has 0 aromatic heterocycles. The normalized spacial score (nSPS) is 10.4. The first-order valence-electron chi connectivity index (χ1n) is 4.02. The van der Waals surface area contributed by atoms with E-state index in [0.717, 1.165) is 16.3 Å². The largest absolute Gasteiger partial charge is 0.491 e. The highest BCUT2D eigenvalue weighted by Gasteiger charge is 2.01. The summed E-state index contributed by atoms with van der Waals surface area (Å²) in [6.45, 7) is 6.01. The Bertz CT molecular complexity index is 269. The van der Waals surface area contributed by atoms with Crippen molar-refractivity contribution in [3.63, 3.8) is 0 Å². The molecule has 0 saturated carbocycles.